The van der Waals surface area contributed by atoms with Crippen LogP contribution in [-0.4, -0.2) is 38.4 Å². The third-order valence-electron chi connectivity index (χ3n) is 4.78. The summed E-state index contributed by atoms with van der Waals surface area (Å²) in [6.45, 7) is 6.10. The lowest BCUT2D eigenvalue weighted by molar-refractivity contribution is 0.360. The smallest absolute Gasteiger partial charge is 0.243 e. The molecule has 112 valence electrons. The van der Waals surface area contributed by atoms with Crippen LogP contribution in [0.5, 0.6) is 0 Å². The maximum atomic E-state index is 13.0. The minimum absolute atomic E-state index is 0.000131. The van der Waals surface area contributed by atoms with E-state index in [1.54, 1.807) is 23.4 Å². The summed E-state index contributed by atoms with van der Waals surface area (Å²) >= 11 is 0. The first kappa shape index (κ1) is 14.5. The van der Waals surface area contributed by atoms with Crippen molar-refractivity contribution in [2.45, 2.75) is 24.8 Å². The molecule has 0 aliphatic carbocycles. The van der Waals surface area contributed by atoms with E-state index in [2.05, 4.69) is 5.32 Å². The molecule has 2 heterocycles. The molecule has 3 atom stereocenters. The molecule has 5 nitrogen and oxygen atoms in total. The van der Waals surface area contributed by atoms with E-state index in [1.807, 2.05) is 13.0 Å². The Balaban J connectivity index is 2.00. The molecule has 1 aromatic carbocycles. The van der Waals surface area contributed by atoms with E-state index in [0.717, 1.165) is 13.1 Å². The second kappa shape index (κ2) is 5.09. The molecule has 1 N–H and O–H groups in total. The second-order valence-corrected chi connectivity index (χ2v) is 7.85. The van der Waals surface area contributed by atoms with E-state index < -0.39 is 10.0 Å². The van der Waals surface area contributed by atoms with Crippen LogP contribution >= 0.6 is 0 Å². The summed E-state index contributed by atoms with van der Waals surface area (Å²) in [5.41, 5.74) is 1.07. The number of rotatable bonds is 2. The molecule has 0 spiro atoms. The Morgan fingerprint density at radius 2 is 2.14 bits per heavy atom. The fourth-order valence-electron chi connectivity index (χ4n) is 3.52. The molecule has 2 saturated heterocycles. The molecule has 1 aromatic rings. The highest BCUT2D eigenvalue weighted by molar-refractivity contribution is 7.89. The van der Waals surface area contributed by atoms with Gasteiger partial charge in [0.2, 0.25) is 10.0 Å². The van der Waals surface area contributed by atoms with Crippen LogP contribution < -0.4 is 5.32 Å². The van der Waals surface area contributed by atoms with Crippen LogP contribution in [0.25, 0.3) is 0 Å². The zero-order chi connectivity index (χ0) is 15.2. The SMILES string of the molecule is Cc1ccc(C#N)cc1S(=O)(=O)N1CC2CNCC2C1C. The quantitative estimate of drug-likeness (QED) is 0.888. The number of sulfonamides is 1. The summed E-state index contributed by atoms with van der Waals surface area (Å²) in [5, 5.41) is 12.3. The summed E-state index contributed by atoms with van der Waals surface area (Å²) in [6.07, 6.45) is 0. The van der Waals surface area contributed by atoms with Crippen molar-refractivity contribution < 1.29 is 8.42 Å². The fourth-order valence-corrected chi connectivity index (χ4v) is 5.50. The fraction of sp³-hybridized carbons (Fsp3) is 0.533. The maximum Gasteiger partial charge on any atom is 0.243 e. The summed E-state index contributed by atoms with van der Waals surface area (Å²) in [5.74, 6) is 0.786. The van der Waals surface area contributed by atoms with Gasteiger partial charge in [-0.1, -0.05) is 6.07 Å². The minimum atomic E-state index is -3.54. The van der Waals surface area contributed by atoms with Crippen LogP contribution in [0.15, 0.2) is 23.1 Å². The van der Waals surface area contributed by atoms with Gasteiger partial charge in [0.05, 0.1) is 16.5 Å². The van der Waals surface area contributed by atoms with E-state index in [0.29, 0.717) is 29.5 Å². The molecule has 3 unspecified atom stereocenters. The van der Waals surface area contributed by atoms with Crippen molar-refractivity contribution >= 4 is 10.0 Å². The summed E-state index contributed by atoms with van der Waals surface area (Å²) in [6, 6.07) is 6.86. The van der Waals surface area contributed by atoms with Gasteiger partial charge < -0.3 is 5.32 Å². The number of hydrogen-bond acceptors (Lipinski definition) is 4. The van der Waals surface area contributed by atoms with Gasteiger partial charge in [-0.2, -0.15) is 9.57 Å². The molecule has 0 aromatic heterocycles. The molecular weight excluding hydrogens is 286 g/mol. The lowest BCUT2D eigenvalue weighted by Crippen LogP contribution is -2.38. The van der Waals surface area contributed by atoms with Crippen molar-refractivity contribution in [1.82, 2.24) is 9.62 Å². The van der Waals surface area contributed by atoms with Crippen molar-refractivity contribution in [1.29, 1.82) is 5.26 Å². The van der Waals surface area contributed by atoms with E-state index in [9.17, 15) is 8.42 Å². The molecule has 2 aliphatic rings. The molecule has 2 aliphatic heterocycles. The first-order valence-corrected chi connectivity index (χ1v) is 8.62. The van der Waals surface area contributed by atoms with Crippen molar-refractivity contribution in [3.05, 3.63) is 29.3 Å². The molecule has 21 heavy (non-hydrogen) atoms. The predicted molar refractivity (Wildman–Crippen MR) is 79.1 cm³/mol. The first-order chi connectivity index (χ1) is 9.95. The normalized spacial score (nSPS) is 29.3. The topological polar surface area (TPSA) is 73.2 Å². The molecule has 3 rings (SSSR count). The first-order valence-electron chi connectivity index (χ1n) is 7.18. The van der Waals surface area contributed by atoms with Gasteiger partial charge in [0.1, 0.15) is 0 Å². The molecule has 6 heteroatoms. The largest absolute Gasteiger partial charge is 0.316 e. The highest BCUT2D eigenvalue weighted by Gasteiger charge is 2.47. The number of nitrogens with one attached hydrogen (secondary N) is 1. The number of nitrogens with zero attached hydrogens (tertiary/aromatic N) is 2. The average molecular weight is 305 g/mol. The van der Waals surface area contributed by atoms with Crippen LogP contribution in [-0.2, 0) is 10.0 Å². The summed E-state index contributed by atoms with van der Waals surface area (Å²) in [7, 11) is -3.54. The van der Waals surface area contributed by atoms with Crippen molar-refractivity contribution in [3.63, 3.8) is 0 Å². The second-order valence-electron chi connectivity index (χ2n) is 5.99. The van der Waals surface area contributed by atoms with Gasteiger partial charge in [0, 0.05) is 12.6 Å². The lowest BCUT2D eigenvalue weighted by atomic mass is 9.95. The molecule has 0 saturated carbocycles. The van der Waals surface area contributed by atoms with E-state index >= 15 is 0 Å². The van der Waals surface area contributed by atoms with E-state index in [-0.39, 0.29) is 10.9 Å². The summed E-state index contributed by atoms with van der Waals surface area (Å²) in [4.78, 5) is 0.265. The van der Waals surface area contributed by atoms with Crippen molar-refractivity contribution in [3.8, 4) is 6.07 Å². The third kappa shape index (κ3) is 2.26. The van der Waals surface area contributed by atoms with Crippen LogP contribution in [0.1, 0.15) is 18.1 Å². The Labute approximate surface area is 125 Å². The molecule has 0 amide bonds. The third-order valence-corrected chi connectivity index (χ3v) is 6.88. The van der Waals surface area contributed by atoms with Gasteiger partial charge >= 0.3 is 0 Å². The van der Waals surface area contributed by atoms with Crippen LogP contribution in [0.3, 0.4) is 0 Å². The zero-order valence-corrected chi connectivity index (χ0v) is 13.0. The van der Waals surface area contributed by atoms with Crippen molar-refractivity contribution in [2.24, 2.45) is 11.8 Å². The van der Waals surface area contributed by atoms with Gasteiger partial charge in [-0.15, -0.1) is 0 Å². The van der Waals surface area contributed by atoms with Crippen LogP contribution in [0.4, 0.5) is 0 Å². The average Bonchev–Trinajstić information content (AvgIpc) is 3.03. The predicted octanol–water partition coefficient (Wildman–Crippen LogP) is 1.10. The highest BCUT2D eigenvalue weighted by Crippen LogP contribution is 2.36. The minimum Gasteiger partial charge on any atom is -0.316 e. The number of aryl methyl sites for hydroxylation is 1. The number of benzene rings is 1. The number of fused-ring (bicyclic) bond motifs is 1. The highest BCUT2D eigenvalue weighted by atomic mass is 32.2. The molecule has 0 radical (unpaired) electrons. The lowest BCUT2D eigenvalue weighted by Gasteiger charge is -2.24. The Kier molecular flexibility index (Phi) is 3.52. The standard InChI is InChI=1S/C15H19N3O2S/c1-10-3-4-12(6-16)5-15(10)21(19,20)18-9-13-7-17-8-14(13)11(18)2/h3-5,11,13-14,17H,7-9H2,1-2H3. The monoisotopic (exact) mass is 305 g/mol. The van der Waals surface area contributed by atoms with Crippen LogP contribution in [0, 0.1) is 30.1 Å². The van der Waals surface area contributed by atoms with Gasteiger partial charge in [0.15, 0.2) is 0 Å². The zero-order valence-electron chi connectivity index (χ0n) is 12.2. The van der Waals surface area contributed by atoms with Gasteiger partial charge in [-0.25, -0.2) is 8.42 Å². The number of hydrogen-bond donors (Lipinski definition) is 1. The maximum absolute atomic E-state index is 13.0. The Bertz CT molecular complexity index is 708. The Hall–Kier alpha value is -1.42. The van der Waals surface area contributed by atoms with Crippen LogP contribution in [0.2, 0.25) is 0 Å². The van der Waals surface area contributed by atoms with E-state index in [1.165, 1.54) is 6.07 Å². The molecule has 2 fully saturated rings. The molecule has 0 bridgehead atoms. The summed E-state index contributed by atoms with van der Waals surface area (Å²) < 4.78 is 27.5. The molecular formula is C15H19N3O2S. The Morgan fingerprint density at radius 3 is 2.81 bits per heavy atom. The van der Waals surface area contributed by atoms with Gasteiger partial charge in [0.25, 0.3) is 0 Å². The Morgan fingerprint density at radius 1 is 1.38 bits per heavy atom. The van der Waals surface area contributed by atoms with Gasteiger partial charge in [-0.05, 0) is 56.5 Å². The number of nitriles is 1. The van der Waals surface area contributed by atoms with E-state index in [4.69, 9.17) is 5.26 Å². The van der Waals surface area contributed by atoms with Gasteiger partial charge in [-0.3, -0.25) is 0 Å². The van der Waals surface area contributed by atoms with Crippen molar-refractivity contribution in [2.75, 3.05) is 19.6 Å².